The third-order valence-corrected chi connectivity index (χ3v) is 4.97. The molecule has 0 saturated carbocycles. The summed E-state index contributed by atoms with van der Waals surface area (Å²) in [5, 5.41) is 14.7. The molecule has 7 nitrogen and oxygen atoms in total. The summed E-state index contributed by atoms with van der Waals surface area (Å²) in [7, 11) is 0. The minimum absolute atomic E-state index is 0.0199. The number of nitrogens with one attached hydrogen (secondary N) is 2. The van der Waals surface area contributed by atoms with E-state index in [-0.39, 0.29) is 31.0 Å². The van der Waals surface area contributed by atoms with E-state index in [1.54, 1.807) is 24.3 Å². The molecular formula is C24H24F2N4O3. The molecule has 2 aromatic carbocycles. The van der Waals surface area contributed by atoms with Gasteiger partial charge in [0.05, 0.1) is 0 Å². The summed E-state index contributed by atoms with van der Waals surface area (Å²) < 4.78 is 26.9. The van der Waals surface area contributed by atoms with Crippen molar-refractivity contribution in [1.29, 1.82) is 0 Å². The molecule has 0 aliphatic heterocycles. The standard InChI is InChI=1S/C24H24F2N4O3/c25-19-8-3-16(11-20(19)26)12-21(24(33)29-14-17-4-9-22(27)28-13-17)30-23(32)10-5-15-1-6-18(31)7-2-15/h1-4,6-9,11,13,21,31H,5,10,12,14H2,(H2,27,28)(H,29,33)(H,30,32)/t21-/m0/s1. The summed E-state index contributed by atoms with van der Waals surface area (Å²) in [6.45, 7) is 0.157. The molecule has 3 rings (SSSR count). The number of halogens is 2. The monoisotopic (exact) mass is 454 g/mol. The number of aromatic nitrogens is 1. The summed E-state index contributed by atoms with van der Waals surface area (Å²) >= 11 is 0. The van der Waals surface area contributed by atoms with Crippen molar-refractivity contribution in [3.05, 3.63) is 89.1 Å². The topological polar surface area (TPSA) is 117 Å². The number of nitrogens with zero attached hydrogens (tertiary/aromatic N) is 1. The molecule has 0 saturated heterocycles. The highest BCUT2D eigenvalue weighted by Gasteiger charge is 2.22. The maximum atomic E-state index is 13.6. The Morgan fingerprint density at radius 1 is 0.970 bits per heavy atom. The van der Waals surface area contributed by atoms with Gasteiger partial charge in [-0.1, -0.05) is 24.3 Å². The summed E-state index contributed by atoms with van der Waals surface area (Å²) in [6, 6.07) is 12.1. The van der Waals surface area contributed by atoms with Gasteiger partial charge in [-0.3, -0.25) is 9.59 Å². The van der Waals surface area contributed by atoms with Crippen LogP contribution in [0.5, 0.6) is 5.75 Å². The van der Waals surface area contributed by atoms with Gasteiger partial charge in [-0.2, -0.15) is 0 Å². The van der Waals surface area contributed by atoms with E-state index in [0.29, 0.717) is 23.4 Å². The van der Waals surface area contributed by atoms with Crippen LogP contribution in [0.1, 0.15) is 23.1 Å². The number of carbonyl (C=O) groups is 2. The van der Waals surface area contributed by atoms with Gasteiger partial charge >= 0.3 is 0 Å². The van der Waals surface area contributed by atoms with Crippen molar-refractivity contribution in [2.75, 3.05) is 5.73 Å². The number of carbonyl (C=O) groups excluding carboxylic acids is 2. The van der Waals surface area contributed by atoms with Crippen molar-refractivity contribution in [1.82, 2.24) is 15.6 Å². The fraction of sp³-hybridized carbons (Fsp3) is 0.208. The summed E-state index contributed by atoms with van der Waals surface area (Å²) in [4.78, 5) is 29.3. The summed E-state index contributed by atoms with van der Waals surface area (Å²) in [5.74, 6) is -2.40. The Kier molecular flexibility index (Phi) is 7.91. The van der Waals surface area contributed by atoms with Crippen LogP contribution in [-0.4, -0.2) is 27.9 Å². The number of phenolic OH excluding ortho intramolecular Hbond substituents is 1. The van der Waals surface area contributed by atoms with Crippen molar-refractivity contribution in [2.45, 2.75) is 31.8 Å². The molecule has 33 heavy (non-hydrogen) atoms. The first kappa shape index (κ1) is 23.6. The maximum absolute atomic E-state index is 13.6. The minimum atomic E-state index is -1.03. The van der Waals surface area contributed by atoms with Crippen LogP contribution in [0.2, 0.25) is 0 Å². The molecule has 2 amide bonds. The first-order valence-electron chi connectivity index (χ1n) is 10.3. The van der Waals surface area contributed by atoms with E-state index in [4.69, 9.17) is 5.73 Å². The number of rotatable bonds is 9. The number of nitrogen functional groups attached to an aromatic ring is 1. The molecule has 0 unspecified atom stereocenters. The van der Waals surface area contributed by atoms with E-state index < -0.39 is 23.6 Å². The molecule has 1 heterocycles. The molecule has 5 N–H and O–H groups in total. The van der Waals surface area contributed by atoms with E-state index >= 15 is 0 Å². The van der Waals surface area contributed by atoms with Gasteiger partial charge in [-0.25, -0.2) is 13.8 Å². The number of amides is 2. The molecule has 0 spiro atoms. The average molecular weight is 454 g/mol. The van der Waals surface area contributed by atoms with Crippen molar-refractivity contribution in [3.63, 3.8) is 0 Å². The fourth-order valence-corrected chi connectivity index (χ4v) is 3.15. The number of phenols is 1. The number of nitrogens with two attached hydrogens (primary N) is 1. The lowest BCUT2D eigenvalue weighted by molar-refractivity contribution is -0.129. The van der Waals surface area contributed by atoms with Crippen molar-refractivity contribution < 1.29 is 23.5 Å². The quantitative estimate of drug-likeness (QED) is 0.397. The highest BCUT2D eigenvalue weighted by molar-refractivity contribution is 5.88. The van der Waals surface area contributed by atoms with E-state index in [1.165, 1.54) is 24.4 Å². The zero-order chi connectivity index (χ0) is 23.8. The molecule has 172 valence electrons. The zero-order valence-corrected chi connectivity index (χ0v) is 17.7. The predicted octanol–water partition coefficient (Wildman–Crippen LogP) is 2.62. The van der Waals surface area contributed by atoms with Crippen molar-refractivity contribution in [3.8, 4) is 5.75 Å². The molecule has 1 atom stereocenters. The molecule has 0 aliphatic carbocycles. The van der Waals surface area contributed by atoms with Gasteiger partial charge in [-0.15, -0.1) is 0 Å². The molecule has 0 fully saturated rings. The van der Waals surface area contributed by atoms with E-state index in [1.807, 2.05) is 0 Å². The van der Waals surface area contributed by atoms with Gasteiger partial charge < -0.3 is 21.5 Å². The first-order valence-corrected chi connectivity index (χ1v) is 10.3. The number of hydrogen-bond acceptors (Lipinski definition) is 5. The van der Waals surface area contributed by atoms with Crippen LogP contribution in [0.25, 0.3) is 0 Å². The summed E-state index contributed by atoms with van der Waals surface area (Å²) in [5.41, 5.74) is 7.48. The smallest absolute Gasteiger partial charge is 0.243 e. The van der Waals surface area contributed by atoms with Crippen molar-refractivity contribution in [2.24, 2.45) is 0 Å². The van der Waals surface area contributed by atoms with E-state index in [2.05, 4.69) is 15.6 Å². The number of aryl methyl sites for hydroxylation is 1. The molecule has 0 bridgehead atoms. The average Bonchev–Trinajstić information content (AvgIpc) is 2.80. The highest BCUT2D eigenvalue weighted by Crippen LogP contribution is 2.13. The first-order chi connectivity index (χ1) is 15.8. The Bertz CT molecular complexity index is 1110. The van der Waals surface area contributed by atoms with Gasteiger partial charge in [0.15, 0.2) is 11.6 Å². The van der Waals surface area contributed by atoms with Crippen LogP contribution in [-0.2, 0) is 29.0 Å². The largest absolute Gasteiger partial charge is 0.508 e. The van der Waals surface area contributed by atoms with E-state index in [0.717, 1.165) is 17.7 Å². The fourth-order valence-electron chi connectivity index (χ4n) is 3.15. The molecular weight excluding hydrogens is 430 g/mol. The Hall–Kier alpha value is -4.01. The second-order valence-electron chi connectivity index (χ2n) is 7.55. The number of aromatic hydroxyl groups is 1. The maximum Gasteiger partial charge on any atom is 0.243 e. The van der Waals surface area contributed by atoms with Gasteiger partial charge in [0, 0.05) is 25.6 Å². The van der Waals surface area contributed by atoms with Crippen LogP contribution in [0.4, 0.5) is 14.6 Å². The lowest BCUT2D eigenvalue weighted by Crippen LogP contribution is -2.47. The lowest BCUT2D eigenvalue weighted by atomic mass is 10.0. The third kappa shape index (κ3) is 7.27. The van der Waals surface area contributed by atoms with Crippen molar-refractivity contribution >= 4 is 17.6 Å². The number of anilines is 1. The molecule has 1 aromatic heterocycles. The molecule has 3 aromatic rings. The molecule has 0 radical (unpaired) electrons. The van der Waals surface area contributed by atoms with Gasteiger partial charge in [-0.05, 0) is 53.4 Å². The summed E-state index contributed by atoms with van der Waals surface area (Å²) in [6.07, 6.45) is 2.02. The second-order valence-corrected chi connectivity index (χ2v) is 7.55. The van der Waals surface area contributed by atoms with Crippen LogP contribution in [0.3, 0.4) is 0 Å². The Balaban J connectivity index is 1.65. The van der Waals surface area contributed by atoms with Crippen LogP contribution < -0.4 is 16.4 Å². The number of hydrogen-bond donors (Lipinski definition) is 4. The van der Waals surface area contributed by atoms with Gasteiger partial charge in [0.2, 0.25) is 11.8 Å². The highest BCUT2D eigenvalue weighted by atomic mass is 19.2. The van der Waals surface area contributed by atoms with Gasteiger partial charge in [0.1, 0.15) is 17.6 Å². The minimum Gasteiger partial charge on any atom is -0.508 e. The normalized spacial score (nSPS) is 11.6. The number of benzene rings is 2. The second kappa shape index (κ2) is 11.0. The van der Waals surface area contributed by atoms with Gasteiger partial charge in [0.25, 0.3) is 0 Å². The Morgan fingerprint density at radius 3 is 2.33 bits per heavy atom. The third-order valence-electron chi connectivity index (χ3n) is 4.97. The molecule has 0 aliphatic rings. The van der Waals surface area contributed by atoms with Crippen LogP contribution in [0.15, 0.2) is 60.8 Å². The Labute approximate surface area is 189 Å². The van der Waals surface area contributed by atoms with Crippen LogP contribution >= 0.6 is 0 Å². The lowest BCUT2D eigenvalue weighted by Gasteiger charge is -2.19. The zero-order valence-electron chi connectivity index (χ0n) is 17.7. The molecule has 9 heteroatoms. The van der Waals surface area contributed by atoms with Crippen LogP contribution in [0, 0.1) is 11.6 Å². The number of pyridine rings is 1. The predicted molar refractivity (Wildman–Crippen MR) is 119 cm³/mol. The Morgan fingerprint density at radius 2 is 1.67 bits per heavy atom. The SMILES string of the molecule is Nc1ccc(CNC(=O)[C@H](Cc2ccc(F)c(F)c2)NC(=O)CCc2ccc(O)cc2)cn1. The van der Waals surface area contributed by atoms with E-state index in [9.17, 15) is 23.5 Å².